The minimum Gasteiger partial charge on any atom is -0.461 e. The van der Waals surface area contributed by atoms with Gasteiger partial charge in [-0.25, -0.2) is 0 Å². The molecule has 1 aliphatic rings. The third kappa shape index (κ3) is 5.57. The number of fused-ring (bicyclic) bond motifs is 2. The molecule has 7 nitrogen and oxygen atoms in total. The lowest BCUT2D eigenvalue weighted by Crippen LogP contribution is -2.33. The molecule has 37 heavy (non-hydrogen) atoms. The molecule has 0 saturated heterocycles. The minimum atomic E-state index is -0.00722. The van der Waals surface area contributed by atoms with Crippen molar-refractivity contribution in [2.75, 3.05) is 36.9 Å². The molecule has 0 fully saturated rings. The van der Waals surface area contributed by atoms with Gasteiger partial charge in [0.2, 0.25) is 0 Å². The second-order valence-electron chi connectivity index (χ2n) is 11.1. The maximum Gasteiger partial charge on any atom is 0.261 e. The first-order valence-corrected chi connectivity index (χ1v) is 13.0. The first-order valence-electron chi connectivity index (χ1n) is 13.0. The average Bonchev–Trinajstić information content (AvgIpc) is 3.19. The maximum absolute atomic E-state index is 13.1. The largest absolute Gasteiger partial charge is 0.461 e. The van der Waals surface area contributed by atoms with Gasteiger partial charge >= 0.3 is 0 Å². The summed E-state index contributed by atoms with van der Waals surface area (Å²) in [6.07, 6.45) is 3.67. The van der Waals surface area contributed by atoms with Gasteiger partial charge in [-0.15, -0.1) is 0 Å². The van der Waals surface area contributed by atoms with E-state index in [9.17, 15) is 4.79 Å². The molecule has 1 N–H and O–H groups in total. The highest BCUT2D eigenvalue weighted by Gasteiger charge is 2.25. The van der Waals surface area contributed by atoms with E-state index in [1.165, 1.54) is 22.5 Å². The van der Waals surface area contributed by atoms with Crippen LogP contribution in [0, 0.1) is 19.3 Å². The van der Waals surface area contributed by atoms with Crippen molar-refractivity contribution in [1.82, 2.24) is 14.5 Å². The summed E-state index contributed by atoms with van der Waals surface area (Å²) in [6, 6.07) is 14.6. The summed E-state index contributed by atoms with van der Waals surface area (Å²) in [5.41, 5.74) is 6.74. The molecule has 4 heterocycles. The highest BCUT2D eigenvalue weighted by Crippen LogP contribution is 2.33. The highest BCUT2D eigenvalue weighted by molar-refractivity contribution is 5.76. The summed E-state index contributed by atoms with van der Waals surface area (Å²) in [5, 5.41) is 4.27. The second-order valence-corrected chi connectivity index (χ2v) is 11.1. The fourth-order valence-corrected chi connectivity index (χ4v) is 5.28. The molecule has 5 rings (SSSR count). The number of benzene rings is 1. The van der Waals surface area contributed by atoms with Gasteiger partial charge in [0.15, 0.2) is 0 Å². The van der Waals surface area contributed by atoms with Gasteiger partial charge in [0.1, 0.15) is 11.3 Å². The number of nitrogens with zero attached hydrogens (tertiary/aromatic N) is 4. The van der Waals surface area contributed by atoms with E-state index in [1.807, 2.05) is 37.5 Å². The predicted octanol–water partition coefficient (Wildman–Crippen LogP) is 5.20. The molecular weight excluding hydrogens is 462 g/mol. The number of pyridine rings is 2. The summed E-state index contributed by atoms with van der Waals surface area (Å²) < 4.78 is 7.43. The Morgan fingerprint density at radius 3 is 2.78 bits per heavy atom. The number of aromatic nitrogens is 2. The lowest BCUT2D eigenvalue weighted by Gasteiger charge is -2.28. The fraction of sp³-hybridized carbons (Fsp3) is 0.400. The molecule has 0 atom stereocenters. The molecular formula is C30H37N5O2. The van der Waals surface area contributed by atoms with Crippen LogP contribution in [0.2, 0.25) is 0 Å². The van der Waals surface area contributed by atoms with E-state index in [0.717, 1.165) is 44.2 Å². The van der Waals surface area contributed by atoms with Crippen LogP contribution in [-0.4, -0.2) is 41.1 Å². The lowest BCUT2D eigenvalue weighted by molar-refractivity contribution is 0.244. The van der Waals surface area contributed by atoms with Crippen molar-refractivity contribution in [3.8, 4) is 0 Å². The van der Waals surface area contributed by atoms with Crippen LogP contribution in [0.25, 0.3) is 11.0 Å². The van der Waals surface area contributed by atoms with Crippen molar-refractivity contribution in [3.63, 3.8) is 0 Å². The van der Waals surface area contributed by atoms with E-state index in [2.05, 4.69) is 72.2 Å². The molecule has 0 amide bonds. The molecule has 3 aromatic heterocycles. The van der Waals surface area contributed by atoms with Crippen LogP contribution in [0.3, 0.4) is 0 Å². The number of nitrogens with one attached hydrogen (secondary N) is 1. The van der Waals surface area contributed by atoms with Crippen molar-refractivity contribution in [2.45, 2.75) is 47.3 Å². The molecule has 0 aliphatic carbocycles. The molecule has 7 heteroatoms. The molecule has 0 radical (unpaired) electrons. The predicted molar refractivity (Wildman–Crippen MR) is 150 cm³/mol. The Hall–Kier alpha value is -3.58. The van der Waals surface area contributed by atoms with E-state index < -0.39 is 0 Å². The van der Waals surface area contributed by atoms with Crippen LogP contribution in [0.15, 0.2) is 64.1 Å². The zero-order chi connectivity index (χ0) is 26.2. The van der Waals surface area contributed by atoms with Gasteiger partial charge < -0.3 is 19.2 Å². The fourth-order valence-electron chi connectivity index (χ4n) is 5.28. The monoisotopic (exact) mass is 499 g/mol. The molecule has 0 saturated carbocycles. The first-order chi connectivity index (χ1) is 17.7. The summed E-state index contributed by atoms with van der Waals surface area (Å²) in [4.78, 5) is 22.3. The molecule has 0 bridgehead atoms. The van der Waals surface area contributed by atoms with Crippen LogP contribution < -0.4 is 15.8 Å². The van der Waals surface area contributed by atoms with E-state index in [0.29, 0.717) is 17.5 Å². The number of furan rings is 1. The Kier molecular flexibility index (Phi) is 6.82. The van der Waals surface area contributed by atoms with Crippen LogP contribution in [-0.2, 0) is 19.6 Å². The maximum atomic E-state index is 13.1. The van der Waals surface area contributed by atoms with Gasteiger partial charge in [0.25, 0.3) is 5.56 Å². The van der Waals surface area contributed by atoms with Crippen LogP contribution in [0.5, 0.6) is 0 Å². The van der Waals surface area contributed by atoms with Crippen molar-refractivity contribution < 1.29 is 4.42 Å². The zero-order valence-electron chi connectivity index (χ0n) is 22.5. The van der Waals surface area contributed by atoms with Gasteiger partial charge in [-0.2, -0.15) is 0 Å². The summed E-state index contributed by atoms with van der Waals surface area (Å²) in [7, 11) is 2.17. The molecule has 194 valence electrons. The number of rotatable bonds is 7. The topological polar surface area (TPSA) is 66.5 Å². The van der Waals surface area contributed by atoms with Crippen LogP contribution >= 0.6 is 0 Å². The summed E-state index contributed by atoms with van der Waals surface area (Å²) in [5.74, 6) is 0.754. The standard InChI is InChI=1S/C30H37N5O2/c1-21-15-25-28(37-21)10-12-35(29(25)36)14-13-34(18-24-7-6-11-31-22(24)2)17-23-8-9-26-27(16-23)33(5)20-30(3,4)19-32-26/h6-12,15-16,32H,13-14,17-20H2,1-5H3. The number of hydrogen-bond acceptors (Lipinski definition) is 6. The molecule has 1 aliphatic heterocycles. The van der Waals surface area contributed by atoms with Crippen LogP contribution in [0.1, 0.15) is 36.4 Å². The lowest BCUT2D eigenvalue weighted by atomic mass is 9.93. The Morgan fingerprint density at radius 2 is 1.97 bits per heavy atom. The molecule has 0 unspecified atom stereocenters. The Balaban J connectivity index is 1.40. The Morgan fingerprint density at radius 1 is 1.14 bits per heavy atom. The minimum absolute atomic E-state index is 0.00722. The SMILES string of the molecule is Cc1cc2c(=O)n(CCN(Cc3ccc4c(c3)N(C)CC(C)(C)CN4)Cc3cccnc3C)ccc2o1. The normalized spacial score (nSPS) is 15.0. The van der Waals surface area contributed by atoms with Crippen molar-refractivity contribution in [2.24, 2.45) is 5.41 Å². The van der Waals surface area contributed by atoms with E-state index in [4.69, 9.17) is 4.42 Å². The van der Waals surface area contributed by atoms with Crippen LogP contribution in [0.4, 0.5) is 11.4 Å². The third-order valence-electron chi connectivity index (χ3n) is 7.25. The van der Waals surface area contributed by atoms with Gasteiger partial charge in [-0.05, 0) is 60.7 Å². The van der Waals surface area contributed by atoms with E-state index >= 15 is 0 Å². The van der Waals surface area contributed by atoms with Crippen molar-refractivity contribution in [3.05, 3.63) is 87.8 Å². The molecule has 0 spiro atoms. The number of anilines is 2. The summed E-state index contributed by atoms with van der Waals surface area (Å²) >= 11 is 0. The molecule has 1 aromatic carbocycles. The van der Waals surface area contributed by atoms with Gasteiger partial charge in [0.05, 0.1) is 16.8 Å². The van der Waals surface area contributed by atoms with E-state index in [-0.39, 0.29) is 11.0 Å². The van der Waals surface area contributed by atoms with Crippen molar-refractivity contribution in [1.29, 1.82) is 0 Å². The van der Waals surface area contributed by atoms with E-state index in [1.54, 1.807) is 4.57 Å². The first kappa shape index (κ1) is 25.1. The zero-order valence-corrected chi connectivity index (χ0v) is 22.5. The highest BCUT2D eigenvalue weighted by atomic mass is 16.3. The second kappa shape index (κ2) is 10.1. The summed E-state index contributed by atoms with van der Waals surface area (Å²) in [6.45, 7) is 13.3. The average molecular weight is 500 g/mol. The number of aryl methyl sites for hydroxylation is 2. The third-order valence-corrected chi connectivity index (χ3v) is 7.25. The molecule has 4 aromatic rings. The number of hydrogen-bond donors (Lipinski definition) is 1. The Labute approximate surface area is 218 Å². The van der Waals surface area contributed by atoms with Gasteiger partial charge in [-0.3, -0.25) is 14.7 Å². The Bertz CT molecular complexity index is 1470. The van der Waals surface area contributed by atoms with Gasteiger partial charge in [-0.1, -0.05) is 26.0 Å². The smallest absolute Gasteiger partial charge is 0.261 e. The van der Waals surface area contributed by atoms with Gasteiger partial charge in [0, 0.05) is 64.4 Å². The van der Waals surface area contributed by atoms with Crippen molar-refractivity contribution >= 4 is 22.3 Å². The quantitative estimate of drug-likeness (QED) is 0.377.